The largest absolute Gasteiger partial charge is 0.378 e. The molecule has 1 aliphatic heterocycles. The van der Waals surface area contributed by atoms with Crippen LogP contribution in [0.1, 0.15) is 19.4 Å². The highest BCUT2D eigenvalue weighted by molar-refractivity contribution is 7.80. The molecule has 1 heterocycles. The van der Waals surface area contributed by atoms with E-state index >= 15 is 0 Å². The summed E-state index contributed by atoms with van der Waals surface area (Å²) in [5.41, 5.74) is 8.30. The van der Waals surface area contributed by atoms with Crippen LogP contribution >= 0.6 is 24.4 Å². The van der Waals surface area contributed by atoms with Gasteiger partial charge in [-0.05, 0) is 50.4 Å². The van der Waals surface area contributed by atoms with Crippen molar-refractivity contribution in [1.82, 2.24) is 21.5 Å². The summed E-state index contributed by atoms with van der Waals surface area (Å²) >= 11 is 10.3. The molecule has 0 aromatic heterocycles. The van der Waals surface area contributed by atoms with Gasteiger partial charge in [0.05, 0.1) is 19.4 Å². The third-order valence-electron chi connectivity index (χ3n) is 3.84. The summed E-state index contributed by atoms with van der Waals surface area (Å²) in [6.45, 7) is 8.68. The van der Waals surface area contributed by atoms with Crippen LogP contribution in [0, 0.1) is 0 Å². The number of hydrogen-bond acceptors (Lipinski definition) is 6. The van der Waals surface area contributed by atoms with Crippen molar-refractivity contribution in [2.45, 2.75) is 13.8 Å². The average Bonchev–Trinajstić information content (AvgIpc) is 2.72. The lowest BCUT2D eigenvalue weighted by molar-refractivity contribution is 0.122. The van der Waals surface area contributed by atoms with Crippen LogP contribution in [0.3, 0.4) is 0 Å². The Hall–Kier alpha value is -2.30. The van der Waals surface area contributed by atoms with Crippen LogP contribution in [-0.2, 0) is 4.74 Å². The van der Waals surface area contributed by atoms with Gasteiger partial charge in [0.15, 0.2) is 10.2 Å². The summed E-state index contributed by atoms with van der Waals surface area (Å²) in [5, 5.41) is 15.4. The van der Waals surface area contributed by atoms with E-state index in [1.54, 1.807) is 6.21 Å². The number of rotatable bonds is 7. The van der Waals surface area contributed by atoms with Crippen LogP contribution in [-0.4, -0.2) is 61.5 Å². The highest BCUT2D eigenvalue weighted by Gasteiger charge is 2.11. The molecule has 4 N–H and O–H groups in total. The van der Waals surface area contributed by atoms with Gasteiger partial charge in [-0.15, -0.1) is 0 Å². The number of thiocarbonyl (C=S) groups is 2. The lowest BCUT2D eigenvalue weighted by Gasteiger charge is -2.28. The minimum absolute atomic E-state index is 0.453. The molecule has 10 heteroatoms. The van der Waals surface area contributed by atoms with Crippen LogP contribution < -0.4 is 26.4 Å². The number of morpholine rings is 1. The van der Waals surface area contributed by atoms with Crippen LogP contribution in [0.5, 0.6) is 0 Å². The number of anilines is 1. The van der Waals surface area contributed by atoms with E-state index in [-0.39, 0.29) is 0 Å². The first-order chi connectivity index (χ1) is 13.6. The van der Waals surface area contributed by atoms with Crippen LogP contribution in [0.4, 0.5) is 5.69 Å². The van der Waals surface area contributed by atoms with Gasteiger partial charge in [0, 0.05) is 37.4 Å². The molecular weight excluding hydrogens is 394 g/mol. The van der Waals surface area contributed by atoms with Crippen molar-refractivity contribution in [3.05, 3.63) is 29.8 Å². The van der Waals surface area contributed by atoms with Crippen molar-refractivity contribution < 1.29 is 4.74 Å². The molecule has 8 nitrogen and oxygen atoms in total. The van der Waals surface area contributed by atoms with Gasteiger partial charge in [-0.2, -0.15) is 10.2 Å². The summed E-state index contributed by atoms with van der Waals surface area (Å²) in [5.74, 6) is 0. The smallest absolute Gasteiger partial charge is 0.186 e. The number of ether oxygens (including phenoxy) is 1. The van der Waals surface area contributed by atoms with Crippen LogP contribution in [0.2, 0.25) is 0 Å². The van der Waals surface area contributed by atoms with Crippen LogP contribution in [0.25, 0.3) is 0 Å². The second-order valence-corrected chi connectivity index (χ2v) is 6.66. The minimum atomic E-state index is 0.453. The first-order valence-corrected chi connectivity index (χ1v) is 10.1. The maximum Gasteiger partial charge on any atom is 0.186 e. The van der Waals surface area contributed by atoms with Crippen molar-refractivity contribution in [3.63, 3.8) is 0 Å². The molecule has 1 aromatic rings. The fourth-order valence-corrected chi connectivity index (χ4v) is 2.88. The predicted molar refractivity (Wildman–Crippen MR) is 123 cm³/mol. The summed E-state index contributed by atoms with van der Waals surface area (Å²) < 4.78 is 5.41. The fourth-order valence-electron chi connectivity index (χ4n) is 2.50. The lowest BCUT2D eigenvalue weighted by Crippen LogP contribution is -2.36. The number of benzene rings is 1. The van der Waals surface area contributed by atoms with Crippen molar-refractivity contribution in [2.24, 2.45) is 10.2 Å². The van der Waals surface area contributed by atoms with Gasteiger partial charge in [0.25, 0.3) is 0 Å². The summed E-state index contributed by atoms with van der Waals surface area (Å²) in [6, 6.07) is 8.17. The number of hydrazone groups is 2. The highest BCUT2D eigenvalue weighted by Crippen LogP contribution is 2.16. The molecule has 0 aliphatic carbocycles. The van der Waals surface area contributed by atoms with E-state index in [9.17, 15) is 0 Å². The van der Waals surface area contributed by atoms with Crippen molar-refractivity contribution in [2.75, 3.05) is 44.3 Å². The topological polar surface area (TPSA) is 85.3 Å². The van der Waals surface area contributed by atoms with Gasteiger partial charge in [-0.1, -0.05) is 12.1 Å². The van der Waals surface area contributed by atoms with Gasteiger partial charge >= 0.3 is 0 Å². The van der Waals surface area contributed by atoms with Crippen molar-refractivity contribution in [1.29, 1.82) is 0 Å². The SMILES string of the molecule is CCNC(=S)N/N=C(\C=N\NC(=S)NCC)c1ccc(N2CCOCC2)cc1. The van der Waals surface area contributed by atoms with E-state index in [1.807, 2.05) is 26.0 Å². The summed E-state index contributed by atoms with van der Waals surface area (Å²) in [6.07, 6.45) is 1.61. The molecule has 1 aromatic carbocycles. The van der Waals surface area contributed by atoms with E-state index in [0.717, 1.165) is 50.6 Å². The molecule has 0 amide bonds. The van der Waals surface area contributed by atoms with Gasteiger partial charge in [0.1, 0.15) is 5.71 Å². The Morgan fingerprint density at radius 3 is 2.25 bits per heavy atom. The number of hydrogen-bond donors (Lipinski definition) is 4. The molecule has 0 radical (unpaired) electrons. The molecule has 1 aliphatic rings. The Morgan fingerprint density at radius 2 is 1.64 bits per heavy atom. The lowest BCUT2D eigenvalue weighted by atomic mass is 10.1. The molecule has 2 rings (SSSR count). The van der Waals surface area contributed by atoms with E-state index in [4.69, 9.17) is 29.2 Å². The Labute approximate surface area is 176 Å². The highest BCUT2D eigenvalue weighted by atomic mass is 32.1. The molecule has 152 valence electrons. The maximum atomic E-state index is 5.41. The Balaban J connectivity index is 2.12. The van der Waals surface area contributed by atoms with Crippen molar-refractivity contribution >= 4 is 52.3 Å². The van der Waals surface area contributed by atoms with Crippen molar-refractivity contribution in [3.8, 4) is 0 Å². The third-order valence-corrected chi connectivity index (χ3v) is 4.32. The average molecular weight is 422 g/mol. The minimum Gasteiger partial charge on any atom is -0.378 e. The summed E-state index contributed by atoms with van der Waals surface area (Å²) in [7, 11) is 0. The molecule has 0 atom stereocenters. The number of nitrogens with zero attached hydrogens (tertiary/aromatic N) is 3. The zero-order valence-corrected chi connectivity index (χ0v) is 17.8. The quantitative estimate of drug-likeness (QED) is 0.297. The fraction of sp³-hybridized carbons (Fsp3) is 0.444. The first kappa shape index (κ1) is 22.0. The second kappa shape index (κ2) is 12.2. The van der Waals surface area contributed by atoms with Gasteiger partial charge in [-0.25, -0.2) is 0 Å². The molecule has 1 fully saturated rings. The molecule has 0 bridgehead atoms. The normalized spacial score (nSPS) is 14.6. The van der Waals surface area contributed by atoms with Gasteiger partial charge < -0.3 is 20.3 Å². The zero-order valence-electron chi connectivity index (χ0n) is 16.2. The molecule has 0 unspecified atom stereocenters. The Bertz CT molecular complexity index is 700. The molecule has 1 saturated heterocycles. The van der Waals surface area contributed by atoms with Crippen LogP contribution in [0.15, 0.2) is 34.5 Å². The number of nitrogens with one attached hydrogen (secondary N) is 4. The maximum absolute atomic E-state index is 5.41. The molecular formula is C18H27N7OS2. The Kier molecular flexibility index (Phi) is 9.60. The van der Waals surface area contributed by atoms with Gasteiger partial charge in [-0.3, -0.25) is 10.9 Å². The summed E-state index contributed by atoms with van der Waals surface area (Å²) in [4.78, 5) is 2.30. The second-order valence-electron chi connectivity index (χ2n) is 5.84. The molecule has 0 spiro atoms. The van der Waals surface area contributed by atoms with Gasteiger partial charge in [0.2, 0.25) is 0 Å². The predicted octanol–water partition coefficient (Wildman–Crippen LogP) is 1.18. The zero-order chi connectivity index (χ0) is 20.2. The standard InChI is InChI=1S/C18H27N7OS2/c1-3-19-17(27)23-21-13-16(22-24-18(28)20-4-2)14-5-7-15(8-6-14)25-9-11-26-12-10-25/h5-8,13H,3-4,9-12H2,1-2H3,(H2,19,23,27)(H2,20,24,28)/b21-13+,22-16+. The monoisotopic (exact) mass is 421 g/mol. The first-order valence-electron chi connectivity index (χ1n) is 9.25. The molecule has 0 saturated carbocycles. The van der Waals surface area contributed by atoms with E-state index in [0.29, 0.717) is 15.9 Å². The molecule has 28 heavy (non-hydrogen) atoms. The van der Waals surface area contributed by atoms with E-state index in [2.05, 4.69) is 48.7 Å². The van der Waals surface area contributed by atoms with E-state index < -0.39 is 0 Å². The van der Waals surface area contributed by atoms with E-state index in [1.165, 1.54) is 0 Å². The third kappa shape index (κ3) is 7.37. The Morgan fingerprint density at radius 1 is 1.04 bits per heavy atom.